The first-order chi connectivity index (χ1) is 9.21. The number of nitrogens with one attached hydrogen (secondary N) is 2. The Hall–Kier alpha value is -1.66. The maximum absolute atomic E-state index is 11.9. The molecular formula is C13H21N3O3. The van der Waals surface area contributed by atoms with Gasteiger partial charge < -0.3 is 20.1 Å². The first-order valence-corrected chi connectivity index (χ1v) is 6.21. The van der Waals surface area contributed by atoms with Gasteiger partial charge in [-0.1, -0.05) is 0 Å². The number of pyridine rings is 1. The molecule has 0 aliphatic heterocycles. The standard InChI is InChI=1S/C13H21N3O3/c1-4-14-10-5-6-15-12(7-10)13(17)16-8-11(19-3)9-18-2/h5-7,11H,4,8-9H2,1-3H3,(H,14,15)(H,16,17). The zero-order valence-corrected chi connectivity index (χ0v) is 11.6. The Morgan fingerprint density at radius 2 is 2.26 bits per heavy atom. The van der Waals surface area contributed by atoms with Crippen LogP contribution in [0.5, 0.6) is 0 Å². The highest BCUT2D eigenvalue weighted by Gasteiger charge is 2.11. The molecule has 19 heavy (non-hydrogen) atoms. The number of hydrogen-bond acceptors (Lipinski definition) is 5. The SMILES string of the molecule is CCNc1ccnc(C(=O)NCC(COC)OC)c1. The van der Waals surface area contributed by atoms with Gasteiger partial charge in [0, 0.05) is 39.2 Å². The van der Waals surface area contributed by atoms with Gasteiger partial charge in [0.25, 0.3) is 5.91 Å². The van der Waals surface area contributed by atoms with Crippen LogP contribution in [0.3, 0.4) is 0 Å². The second-order valence-electron chi connectivity index (χ2n) is 3.98. The number of carbonyl (C=O) groups is 1. The third-order valence-electron chi connectivity index (χ3n) is 2.55. The fourth-order valence-corrected chi connectivity index (χ4v) is 1.56. The van der Waals surface area contributed by atoms with Crippen molar-refractivity contribution in [1.29, 1.82) is 0 Å². The van der Waals surface area contributed by atoms with Gasteiger partial charge in [-0.05, 0) is 19.1 Å². The molecule has 6 nitrogen and oxygen atoms in total. The minimum Gasteiger partial charge on any atom is -0.385 e. The zero-order chi connectivity index (χ0) is 14.1. The number of anilines is 1. The second kappa shape index (κ2) is 8.44. The summed E-state index contributed by atoms with van der Waals surface area (Å²) in [5.74, 6) is -0.224. The predicted molar refractivity (Wildman–Crippen MR) is 73.4 cm³/mol. The maximum Gasteiger partial charge on any atom is 0.270 e. The van der Waals surface area contributed by atoms with E-state index in [2.05, 4.69) is 15.6 Å². The van der Waals surface area contributed by atoms with E-state index in [1.165, 1.54) is 0 Å². The number of rotatable bonds is 8. The molecule has 0 aliphatic rings. The van der Waals surface area contributed by atoms with Crippen molar-refractivity contribution in [2.75, 3.05) is 39.2 Å². The molecule has 1 aromatic rings. The molecule has 0 aliphatic carbocycles. The summed E-state index contributed by atoms with van der Waals surface area (Å²) in [5.41, 5.74) is 1.26. The van der Waals surface area contributed by atoms with Crippen LogP contribution in [0.15, 0.2) is 18.3 Å². The summed E-state index contributed by atoms with van der Waals surface area (Å²) in [5, 5.41) is 5.90. The van der Waals surface area contributed by atoms with Crippen LogP contribution in [0, 0.1) is 0 Å². The topological polar surface area (TPSA) is 72.5 Å². The average molecular weight is 267 g/mol. The first-order valence-electron chi connectivity index (χ1n) is 6.21. The van der Waals surface area contributed by atoms with Crippen LogP contribution < -0.4 is 10.6 Å². The van der Waals surface area contributed by atoms with Gasteiger partial charge in [0.15, 0.2) is 0 Å². The van der Waals surface area contributed by atoms with Crippen molar-refractivity contribution in [3.05, 3.63) is 24.0 Å². The highest BCUT2D eigenvalue weighted by Crippen LogP contribution is 2.07. The van der Waals surface area contributed by atoms with Gasteiger partial charge in [-0.25, -0.2) is 0 Å². The van der Waals surface area contributed by atoms with Crippen LogP contribution in [-0.4, -0.2) is 50.9 Å². The minimum absolute atomic E-state index is 0.161. The van der Waals surface area contributed by atoms with Gasteiger partial charge >= 0.3 is 0 Å². The molecule has 6 heteroatoms. The number of hydrogen-bond donors (Lipinski definition) is 2. The molecule has 0 saturated heterocycles. The fraction of sp³-hybridized carbons (Fsp3) is 0.538. The largest absolute Gasteiger partial charge is 0.385 e. The van der Waals surface area contributed by atoms with E-state index in [4.69, 9.17) is 9.47 Å². The molecule has 1 unspecified atom stereocenters. The number of ether oxygens (including phenoxy) is 2. The quantitative estimate of drug-likeness (QED) is 0.732. The van der Waals surface area contributed by atoms with Crippen molar-refractivity contribution in [3.8, 4) is 0 Å². The summed E-state index contributed by atoms with van der Waals surface area (Å²) in [7, 11) is 3.18. The Balaban J connectivity index is 2.55. The lowest BCUT2D eigenvalue weighted by Crippen LogP contribution is -2.35. The highest BCUT2D eigenvalue weighted by molar-refractivity contribution is 5.93. The number of aromatic nitrogens is 1. The first kappa shape index (κ1) is 15.4. The third kappa shape index (κ3) is 5.23. The normalized spacial score (nSPS) is 11.9. The predicted octanol–water partition coefficient (Wildman–Crippen LogP) is 0.905. The summed E-state index contributed by atoms with van der Waals surface area (Å²) >= 11 is 0. The van der Waals surface area contributed by atoms with E-state index in [0.29, 0.717) is 18.8 Å². The van der Waals surface area contributed by atoms with E-state index < -0.39 is 0 Å². The average Bonchev–Trinajstić information content (AvgIpc) is 2.43. The number of nitrogens with zero attached hydrogens (tertiary/aromatic N) is 1. The van der Waals surface area contributed by atoms with Gasteiger partial charge in [0.2, 0.25) is 0 Å². The fourth-order valence-electron chi connectivity index (χ4n) is 1.56. The molecule has 1 aromatic heterocycles. The zero-order valence-electron chi connectivity index (χ0n) is 11.6. The van der Waals surface area contributed by atoms with Crippen LogP contribution in [0.25, 0.3) is 0 Å². The van der Waals surface area contributed by atoms with Crippen molar-refractivity contribution >= 4 is 11.6 Å². The summed E-state index contributed by atoms with van der Waals surface area (Å²) in [6, 6.07) is 3.54. The molecule has 0 saturated carbocycles. The van der Waals surface area contributed by atoms with E-state index in [1.807, 2.05) is 13.0 Å². The maximum atomic E-state index is 11.9. The molecule has 106 valence electrons. The van der Waals surface area contributed by atoms with Gasteiger partial charge in [-0.15, -0.1) is 0 Å². The van der Waals surface area contributed by atoms with E-state index in [-0.39, 0.29) is 12.0 Å². The second-order valence-corrected chi connectivity index (χ2v) is 3.98. The molecule has 0 radical (unpaired) electrons. The van der Waals surface area contributed by atoms with Crippen LogP contribution in [0.2, 0.25) is 0 Å². The Morgan fingerprint density at radius 3 is 2.89 bits per heavy atom. The van der Waals surface area contributed by atoms with Crippen LogP contribution in [0.1, 0.15) is 17.4 Å². The molecule has 1 rings (SSSR count). The van der Waals surface area contributed by atoms with Crippen LogP contribution >= 0.6 is 0 Å². The highest BCUT2D eigenvalue weighted by atomic mass is 16.5. The molecular weight excluding hydrogens is 246 g/mol. The summed E-state index contributed by atoms with van der Waals surface area (Å²) in [4.78, 5) is 16.0. The summed E-state index contributed by atoms with van der Waals surface area (Å²) in [6.45, 7) is 3.61. The molecule has 1 atom stereocenters. The van der Waals surface area contributed by atoms with Crippen LogP contribution in [0.4, 0.5) is 5.69 Å². The Morgan fingerprint density at radius 1 is 1.47 bits per heavy atom. The molecule has 0 aromatic carbocycles. The van der Waals surface area contributed by atoms with E-state index in [1.54, 1.807) is 26.5 Å². The van der Waals surface area contributed by atoms with Crippen molar-refractivity contribution in [1.82, 2.24) is 10.3 Å². The third-order valence-corrected chi connectivity index (χ3v) is 2.55. The lowest BCUT2D eigenvalue weighted by atomic mass is 10.3. The molecule has 0 spiro atoms. The summed E-state index contributed by atoms with van der Waals surface area (Å²) in [6.07, 6.45) is 1.45. The summed E-state index contributed by atoms with van der Waals surface area (Å²) < 4.78 is 10.1. The number of methoxy groups -OCH3 is 2. The van der Waals surface area contributed by atoms with Crippen molar-refractivity contribution < 1.29 is 14.3 Å². The van der Waals surface area contributed by atoms with E-state index in [0.717, 1.165) is 12.2 Å². The van der Waals surface area contributed by atoms with Crippen molar-refractivity contribution in [2.45, 2.75) is 13.0 Å². The monoisotopic (exact) mass is 267 g/mol. The molecule has 0 bridgehead atoms. The van der Waals surface area contributed by atoms with Gasteiger partial charge in [-0.3, -0.25) is 9.78 Å². The molecule has 1 amide bonds. The van der Waals surface area contributed by atoms with E-state index >= 15 is 0 Å². The van der Waals surface area contributed by atoms with Crippen molar-refractivity contribution in [2.24, 2.45) is 0 Å². The van der Waals surface area contributed by atoms with Gasteiger partial charge in [0.05, 0.1) is 12.7 Å². The van der Waals surface area contributed by atoms with Gasteiger partial charge in [0.1, 0.15) is 5.69 Å². The molecule has 2 N–H and O–H groups in total. The van der Waals surface area contributed by atoms with Crippen molar-refractivity contribution in [3.63, 3.8) is 0 Å². The number of carbonyl (C=O) groups excluding carboxylic acids is 1. The minimum atomic E-state index is -0.224. The smallest absolute Gasteiger partial charge is 0.270 e. The Bertz CT molecular complexity index is 398. The molecule has 1 heterocycles. The number of amides is 1. The van der Waals surface area contributed by atoms with Gasteiger partial charge in [-0.2, -0.15) is 0 Å². The Labute approximate surface area is 113 Å². The lowest BCUT2D eigenvalue weighted by molar-refractivity contribution is 0.0285. The lowest BCUT2D eigenvalue weighted by Gasteiger charge is -2.15. The Kier molecular flexibility index (Phi) is 6.84. The molecule has 0 fully saturated rings. The van der Waals surface area contributed by atoms with Crippen LogP contribution in [-0.2, 0) is 9.47 Å². The van der Waals surface area contributed by atoms with E-state index in [9.17, 15) is 4.79 Å².